The highest BCUT2D eigenvalue weighted by atomic mass is 28.4. The maximum atomic E-state index is 13.8. The van der Waals surface area contributed by atoms with Gasteiger partial charge in [-0.05, 0) is 53.0 Å². The van der Waals surface area contributed by atoms with E-state index in [9.17, 15) is 4.79 Å². The summed E-state index contributed by atoms with van der Waals surface area (Å²) < 4.78 is 25.9. The average molecular weight is 642 g/mol. The number of anilines is 1. The fourth-order valence-corrected chi connectivity index (χ4v) is 6.92. The number of ether oxygens (including phenoxy) is 3. The van der Waals surface area contributed by atoms with Gasteiger partial charge in [0.05, 0.1) is 19.8 Å². The SMILES string of the molecule is COc1ccc(C(Nc2ccn([C@@H]3O[C@H](CO[Si](C)(C)C(C)(C)C)C(C)[C@@H]3OC)c(=O)n2)(c2ccccc2)c2ccccc2)cc1. The molecule has 0 saturated carbocycles. The van der Waals surface area contributed by atoms with Gasteiger partial charge in [-0.3, -0.25) is 4.57 Å². The smallest absolute Gasteiger partial charge is 0.351 e. The fraction of sp³-hybridized carbons (Fsp3) is 0.405. The first-order valence-electron chi connectivity index (χ1n) is 15.9. The molecule has 5 rings (SSSR count). The molecule has 8 nitrogen and oxygen atoms in total. The van der Waals surface area contributed by atoms with Crippen molar-refractivity contribution in [3.05, 3.63) is 124 Å². The van der Waals surface area contributed by atoms with Crippen molar-refractivity contribution in [2.24, 2.45) is 5.92 Å². The third kappa shape index (κ3) is 6.55. The van der Waals surface area contributed by atoms with Crippen molar-refractivity contribution in [3.8, 4) is 5.75 Å². The Labute approximate surface area is 273 Å². The molecule has 0 radical (unpaired) electrons. The zero-order chi connectivity index (χ0) is 33.1. The third-order valence-corrected chi connectivity index (χ3v) is 14.2. The first-order valence-corrected chi connectivity index (χ1v) is 18.8. The second-order valence-corrected chi connectivity index (χ2v) is 18.3. The molecule has 1 N–H and O–H groups in total. The topological polar surface area (TPSA) is 83.8 Å². The lowest BCUT2D eigenvalue weighted by molar-refractivity contribution is -0.0612. The Morgan fingerprint density at radius 3 is 1.93 bits per heavy atom. The molecule has 4 atom stereocenters. The van der Waals surface area contributed by atoms with Gasteiger partial charge in [0.1, 0.15) is 23.2 Å². The number of methoxy groups -OCH3 is 2. The van der Waals surface area contributed by atoms with Crippen molar-refractivity contribution in [2.45, 2.75) is 69.8 Å². The monoisotopic (exact) mass is 641 g/mol. The molecule has 2 heterocycles. The van der Waals surface area contributed by atoms with Gasteiger partial charge in [-0.1, -0.05) is 100 Å². The molecule has 0 bridgehead atoms. The highest BCUT2D eigenvalue weighted by Crippen LogP contribution is 2.41. The molecule has 1 aromatic heterocycles. The van der Waals surface area contributed by atoms with Crippen LogP contribution >= 0.6 is 0 Å². The number of nitrogens with one attached hydrogen (secondary N) is 1. The van der Waals surface area contributed by atoms with Crippen LogP contribution in [0, 0.1) is 5.92 Å². The Balaban J connectivity index is 1.50. The van der Waals surface area contributed by atoms with E-state index < -0.39 is 25.8 Å². The minimum atomic E-state index is -1.98. The van der Waals surface area contributed by atoms with E-state index in [-0.39, 0.29) is 23.2 Å². The van der Waals surface area contributed by atoms with Gasteiger partial charge in [0.15, 0.2) is 14.5 Å². The Morgan fingerprint density at radius 1 is 0.870 bits per heavy atom. The van der Waals surface area contributed by atoms with Crippen LogP contribution in [0.25, 0.3) is 0 Å². The van der Waals surface area contributed by atoms with Crippen LogP contribution in [0.3, 0.4) is 0 Å². The Hall–Kier alpha value is -3.76. The predicted octanol–water partition coefficient (Wildman–Crippen LogP) is 7.23. The minimum absolute atomic E-state index is 0.0170. The molecule has 0 amide bonds. The van der Waals surface area contributed by atoms with Crippen LogP contribution in [-0.2, 0) is 19.4 Å². The van der Waals surface area contributed by atoms with E-state index in [0.717, 1.165) is 22.4 Å². The van der Waals surface area contributed by atoms with Gasteiger partial charge in [-0.15, -0.1) is 0 Å². The van der Waals surface area contributed by atoms with Gasteiger partial charge >= 0.3 is 5.69 Å². The van der Waals surface area contributed by atoms with E-state index in [1.807, 2.05) is 66.7 Å². The van der Waals surface area contributed by atoms with Crippen molar-refractivity contribution >= 4 is 14.1 Å². The molecular formula is C37H47N3O5Si. The van der Waals surface area contributed by atoms with Crippen LogP contribution < -0.4 is 15.7 Å². The second kappa shape index (κ2) is 13.5. The number of benzene rings is 3. The van der Waals surface area contributed by atoms with Gasteiger partial charge in [0.2, 0.25) is 0 Å². The molecule has 4 aromatic rings. The number of hydrogen-bond donors (Lipinski definition) is 1. The van der Waals surface area contributed by atoms with E-state index in [4.69, 9.17) is 18.6 Å². The summed E-state index contributed by atoms with van der Waals surface area (Å²) in [7, 11) is 1.33. The summed E-state index contributed by atoms with van der Waals surface area (Å²) in [5.41, 5.74) is 1.66. The molecule has 1 aliphatic rings. The van der Waals surface area contributed by atoms with E-state index in [1.165, 1.54) is 4.57 Å². The van der Waals surface area contributed by atoms with Gasteiger partial charge in [-0.2, -0.15) is 4.98 Å². The van der Waals surface area contributed by atoms with Crippen molar-refractivity contribution in [1.29, 1.82) is 0 Å². The summed E-state index contributed by atoms with van der Waals surface area (Å²) in [6.07, 6.45) is 0.565. The zero-order valence-corrected chi connectivity index (χ0v) is 29.2. The standard InChI is InChI=1S/C37H47N3O5Si/c1-26-31(25-44-46(7,8)36(2,3)4)45-34(33(26)43-6)40-24-23-32(38-35(40)41)39-37(27-15-11-9-12-16-27,28-17-13-10-14-18-28)29-19-21-30(42-5)22-20-29/h9-24,26,31,33-34H,25H2,1-8H3,(H,38,39,41)/t26?,31-,33+,34-/m1/s1. The highest BCUT2D eigenvalue weighted by Gasteiger charge is 2.46. The normalized spacial score (nSPS) is 20.4. The average Bonchev–Trinajstić information content (AvgIpc) is 3.37. The highest BCUT2D eigenvalue weighted by molar-refractivity contribution is 6.74. The van der Waals surface area contributed by atoms with Gasteiger partial charge in [0, 0.05) is 19.2 Å². The molecule has 3 aromatic carbocycles. The van der Waals surface area contributed by atoms with Gasteiger partial charge in [0.25, 0.3) is 0 Å². The Bertz CT molecular complexity index is 1600. The van der Waals surface area contributed by atoms with E-state index in [1.54, 1.807) is 20.4 Å². The van der Waals surface area contributed by atoms with Crippen LogP contribution in [0.5, 0.6) is 5.75 Å². The molecule has 1 aliphatic heterocycles. The first-order chi connectivity index (χ1) is 21.9. The lowest BCUT2D eigenvalue weighted by Gasteiger charge is -2.37. The molecule has 1 fully saturated rings. The summed E-state index contributed by atoms with van der Waals surface area (Å²) in [5.74, 6) is 1.21. The molecule has 46 heavy (non-hydrogen) atoms. The van der Waals surface area contributed by atoms with Crippen LogP contribution in [-0.4, -0.2) is 50.9 Å². The summed E-state index contributed by atoms with van der Waals surface area (Å²) in [6, 6.07) is 30.1. The fourth-order valence-electron chi connectivity index (χ4n) is 5.91. The van der Waals surface area contributed by atoms with Crippen molar-refractivity contribution < 1.29 is 18.6 Å². The molecule has 244 valence electrons. The lowest BCUT2D eigenvalue weighted by Crippen LogP contribution is -2.43. The summed E-state index contributed by atoms with van der Waals surface area (Å²) in [6.45, 7) is 13.7. The maximum absolute atomic E-state index is 13.8. The second-order valence-electron chi connectivity index (χ2n) is 13.5. The zero-order valence-electron chi connectivity index (χ0n) is 28.2. The summed E-state index contributed by atoms with van der Waals surface area (Å²) in [4.78, 5) is 18.3. The Kier molecular flexibility index (Phi) is 9.88. The van der Waals surface area contributed by atoms with Gasteiger partial charge < -0.3 is 24.0 Å². The first kappa shape index (κ1) is 33.6. The van der Waals surface area contributed by atoms with Crippen molar-refractivity contribution in [2.75, 3.05) is 26.1 Å². The molecule has 0 spiro atoms. The predicted molar refractivity (Wildman–Crippen MR) is 185 cm³/mol. The lowest BCUT2D eigenvalue weighted by atomic mass is 9.77. The molecule has 1 saturated heterocycles. The number of hydrogen-bond acceptors (Lipinski definition) is 7. The van der Waals surface area contributed by atoms with Gasteiger partial charge in [-0.25, -0.2) is 4.79 Å². The third-order valence-electron chi connectivity index (χ3n) is 9.74. The maximum Gasteiger partial charge on any atom is 0.351 e. The van der Waals surface area contributed by atoms with Crippen LogP contribution in [0.4, 0.5) is 5.82 Å². The Morgan fingerprint density at radius 2 is 1.43 bits per heavy atom. The molecule has 1 unspecified atom stereocenters. The van der Waals surface area contributed by atoms with Crippen LogP contribution in [0.2, 0.25) is 18.1 Å². The van der Waals surface area contributed by atoms with Crippen molar-refractivity contribution in [1.82, 2.24) is 9.55 Å². The summed E-state index contributed by atoms with van der Waals surface area (Å²) in [5, 5.41) is 3.76. The van der Waals surface area contributed by atoms with E-state index >= 15 is 0 Å². The van der Waals surface area contributed by atoms with Crippen molar-refractivity contribution in [3.63, 3.8) is 0 Å². The largest absolute Gasteiger partial charge is 0.497 e. The quantitative estimate of drug-likeness (QED) is 0.137. The van der Waals surface area contributed by atoms with Crippen LogP contribution in [0.1, 0.15) is 50.6 Å². The summed E-state index contributed by atoms with van der Waals surface area (Å²) >= 11 is 0. The molecule has 9 heteroatoms. The minimum Gasteiger partial charge on any atom is -0.497 e. The number of nitrogens with zero attached hydrogens (tertiary/aromatic N) is 2. The molecule has 0 aliphatic carbocycles. The van der Waals surface area contributed by atoms with Crippen LogP contribution in [0.15, 0.2) is 102 Å². The van der Waals surface area contributed by atoms with E-state index in [2.05, 4.69) is 75.4 Å². The number of aromatic nitrogens is 2. The number of rotatable bonds is 11. The van der Waals surface area contributed by atoms with E-state index in [0.29, 0.717) is 12.4 Å². The molecular weight excluding hydrogens is 595 g/mol.